The zero-order valence-electron chi connectivity index (χ0n) is 23.1. The maximum atomic E-state index is 14.3. The lowest BCUT2D eigenvalue weighted by Crippen LogP contribution is -2.48. The largest absolute Gasteiger partial charge is 0.507 e. The molecule has 1 aliphatic heterocycles. The van der Waals surface area contributed by atoms with Gasteiger partial charge < -0.3 is 29.9 Å². The minimum absolute atomic E-state index is 0.00303. The van der Waals surface area contributed by atoms with Crippen molar-refractivity contribution in [2.45, 2.75) is 51.4 Å². The third-order valence-corrected chi connectivity index (χ3v) is 7.91. The third-order valence-electron chi connectivity index (χ3n) is 7.91. The molecule has 0 radical (unpaired) electrons. The van der Waals surface area contributed by atoms with Crippen LogP contribution in [0.5, 0.6) is 11.5 Å². The van der Waals surface area contributed by atoms with E-state index in [2.05, 4.69) is 0 Å². The van der Waals surface area contributed by atoms with Crippen LogP contribution in [0.15, 0.2) is 59.4 Å². The average molecular weight is 586 g/mol. The van der Waals surface area contributed by atoms with Gasteiger partial charge in [0.1, 0.15) is 23.3 Å². The Morgan fingerprint density at radius 2 is 1.74 bits per heavy atom. The number of aromatic carboxylic acids is 1. The van der Waals surface area contributed by atoms with Crippen molar-refractivity contribution < 1.29 is 44.3 Å². The molecule has 2 aliphatic rings. The highest BCUT2D eigenvalue weighted by molar-refractivity contribution is 6.32. The molecule has 1 saturated heterocycles. The third kappa shape index (κ3) is 4.67. The van der Waals surface area contributed by atoms with E-state index in [0.717, 1.165) is 4.57 Å². The number of aromatic hydroxyl groups is 1. The first-order chi connectivity index (χ1) is 20.5. The van der Waals surface area contributed by atoms with Gasteiger partial charge in [0.2, 0.25) is 12.1 Å². The van der Waals surface area contributed by atoms with E-state index in [1.165, 1.54) is 54.6 Å². The van der Waals surface area contributed by atoms with Gasteiger partial charge in [-0.25, -0.2) is 4.79 Å². The van der Waals surface area contributed by atoms with E-state index >= 15 is 0 Å². The molecular weight excluding hydrogens is 558 g/mol. The van der Waals surface area contributed by atoms with E-state index in [1.807, 2.05) is 0 Å². The van der Waals surface area contributed by atoms with E-state index in [1.54, 1.807) is 13.8 Å². The molecule has 4 aromatic rings. The maximum absolute atomic E-state index is 14.3. The van der Waals surface area contributed by atoms with Gasteiger partial charge in [0, 0.05) is 17.4 Å². The van der Waals surface area contributed by atoms with Gasteiger partial charge in [0.15, 0.2) is 5.78 Å². The van der Waals surface area contributed by atoms with Crippen LogP contribution in [0.4, 0.5) is 0 Å². The summed E-state index contributed by atoms with van der Waals surface area (Å²) < 4.78 is 12.8. The van der Waals surface area contributed by atoms with Crippen LogP contribution < -0.4 is 10.3 Å². The van der Waals surface area contributed by atoms with Crippen LogP contribution in [0, 0.1) is 6.92 Å². The van der Waals surface area contributed by atoms with Gasteiger partial charge in [0.25, 0.3) is 5.56 Å². The first-order valence-electron chi connectivity index (χ1n) is 13.6. The molecule has 3 aromatic carbocycles. The van der Waals surface area contributed by atoms with Crippen molar-refractivity contribution >= 4 is 28.3 Å². The lowest BCUT2D eigenvalue weighted by Gasteiger charge is -2.35. The summed E-state index contributed by atoms with van der Waals surface area (Å²) in [6.45, 7) is 3.08. The monoisotopic (exact) mass is 585 g/mol. The molecule has 1 aliphatic carbocycles. The normalized spacial score (nSPS) is 21.4. The number of aromatic nitrogens is 1. The van der Waals surface area contributed by atoms with E-state index in [-0.39, 0.29) is 63.2 Å². The number of aliphatic hydroxyl groups excluding tert-OH is 2. The zero-order chi connectivity index (χ0) is 30.7. The zero-order valence-corrected chi connectivity index (χ0v) is 23.1. The highest BCUT2D eigenvalue weighted by Crippen LogP contribution is 2.39. The second-order valence-corrected chi connectivity index (χ2v) is 10.8. The van der Waals surface area contributed by atoms with Crippen molar-refractivity contribution in [2.75, 3.05) is 0 Å². The Bertz CT molecular complexity index is 1880. The second-order valence-electron chi connectivity index (χ2n) is 10.8. The minimum atomic E-state index is -1.14. The summed E-state index contributed by atoms with van der Waals surface area (Å²) in [6.07, 6.45) is -4.15. The van der Waals surface area contributed by atoms with Gasteiger partial charge >= 0.3 is 5.97 Å². The summed E-state index contributed by atoms with van der Waals surface area (Å²) >= 11 is 0. The number of carboxylic acid groups (broad SMARTS) is 1. The number of hydrogen-bond acceptors (Lipinski definition) is 9. The Morgan fingerprint density at radius 1 is 1.02 bits per heavy atom. The van der Waals surface area contributed by atoms with Crippen molar-refractivity contribution in [1.29, 1.82) is 0 Å². The van der Waals surface area contributed by atoms with Crippen molar-refractivity contribution in [2.24, 2.45) is 0 Å². The summed E-state index contributed by atoms with van der Waals surface area (Å²) in [6, 6.07) is 13.2. The van der Waals surface area contributed by atoms with Crippen molar-refractivity contribution in [1.82, 2.24) is 4.57 Å². The quantitative estimate of drug-likeness (QED) is 0.240. The minimum Gasteiger partial charge on any atom is -0.507 e. The number of ketones is 2. The van der Waals surface area contributed by atoms with E-state index < -0.39 is 47.7 Å². The molecule has 1 fully saturated rings. The van der Waals surface area contributed by atoms with Crippen LogP contribution in [0.1, 0.15) is 66.8 Å². The highest BCUT2D eigenvalue weighted by Gasteiger charge is 2.40. The number of rotatable bonds is 5. The summed E-state index contributed by atoms with van der Waals surface area (Å²) in [5.41, 5.74) is -0.0206. The number of nitrogens with zero attached hydrogens (tertiary/aromatic N) is 1. The maximum Gasteiger partial charge on any atom is 0.335 e. The van der Waals surface area contributed by atoms with Gasteiger partial charge in [0.05, 0.1) is 40.8 Å². The molecule has 2 heterocycles. The molecule has 220 valence electrons. The van der Waals surface area contributed by atoms with Crippen LogP contribution in [0.2, 0.25) is 0 Å². The van der Waals surface area contributed by atoms with Gasteiger partial charge in [-0.1, -0.05) is 24.3 Å². The van der Waals surface area contributed by atoms with Crippen molar-refractivity contribution in [3.05, 3.63) is 104 Å². The number of phenols is 1. The summed E-state index contributed by atoms with van der Waals surface area (Å²) in [5.74, 6) is -2.77. The Kier molecular flexibility index (Phi) is 6.88. The molecule has 0 saturated carbocycles. The number of phenolic OH excluding ortho intramolecular Hbond substituents is 1. The Labute approximate surface area is 244 Å². The first kappa shape index (κ1) is 28.3. The number of ether oxygens (including phenoxy) is 2. The fourth-order valence-electron chi connectivity index (χ4n) is 5.79. The Hall–Kier alpha value is -4.84. The predicted molar refractivity (Wildman–Crippen MR) is 152 cm³/mol. The molecule has 1 aromatic heterocycles. The molecule has 0 bridgehead atoms. The molecule has 0 spiro atoms. The van der Waals surface area contributed by atoms with Crippen LogP contribution in [-0.4, -0.2) is 67.1 Å². The number of aryl methyl sites for hydroxylation is 1. The number of carboxylic acids is 1. The fraction of sp³-hybridized carbons (Fsp3) is 0.250. The van der Waals surface area contributed by atoms with Gasteiger partial charge in [-0.15, -0.1) is 0 Å². The summed E-state index contributed by atoms with van der Waals surface area (Å²) in [5, 5.41) is 40.5. The van der Waals surface area contributed by atoms with Gasteiger partial charge in [-0.3, -0.25) is 19.0 Å². The molecule has 6 rings (SSSR count). The second kappa shape index (κ2) is 10.5. The molecular formula is C32H27NO10. The number of carbonyl (C=O) groups is 3. The lowest BCUT2D eigenvalue weighted by molar-refractivity contribution is -0.216. The van der Waals surface area contributed by atoms with E-state index in [4.69, 9.17) is 9.47 Å². The number of carbonyl (C=O) groups excluding carboxylic acids is 2. The number of pyridine rings is 1. The van der Waals surface area contributed by atoms with Crippen molar-refractivity contribution in [3.8, 4) is 11.5 Å². The van der Waals surface area contributed by atoms with Gasteiger partial charge in [-0.2, -0.15) is 0 Å². The Balaban J connectivity index is 1.54. The molecule has 11 nitrogen and oxygen atoms in total. The standard InChI is InChI=1S/C32H27NO10/c1-14-10-19-24(20(34)11-14)26-27(33(31(19)39)13-16-6-8-17(9-7-16)32(40)41)30(38)25-18(29(26)37)4-3-5-22(25)43-23-12-21(35)28(36)15(2)42-23/h3-11,15,21,23,28,34-36H,12-13H2,1-2H3,(H,40,41)/t15-,21+,23-,28-/m0/s1. The number of aliphatic hydroxyl groups is 2. The van der Waals surface area contributed by atoms with Crippen LogP contribution >= 0.6 is 0 Å². The molecule has 4 N–H and O–H groups in total. The molecule has 11 heteroatoms. The SMILES string of the molecule is Cc1cc(O)c2c3c(n(Cc4ccc(C(=O)O)cc4)c(=O)c2c1)C(=O)c1c(O[C@H]2C[C@@H](O)[C@@H](O)[C@H](C)O2)cccc1C3=O. The number of hydrogen-bond donors (Lipinski definition) is 4. The molecule has 0 amide bonds. The Morgan fingerprint density at radius 3 is 2.42 bits per heavy atom. The van der Waals surface area contributed by atoms with Crippen LogP contribution in [0.3, 0.4) is 0 Å². The molecule has 43 heavy (non-hydrogen) atoms. The predicted octanol–water partition coefficient (Wildman–Crippen LogP) is 2.77. The summed E-state index contributed by atoms with van der Waals surface area (Å²) in [4.78, 5) is 53.8. The molecule has 4 atom stereocenters. The topological polar surface area (TPSA) is 173 Å². The number of benzene rings is 3. The summed E-state index contributed by atoms with van der Waals surface area (Å²) in [7, 11) is 0. The highest BCUT2D eigenvalue weighted by atomic mass is 16.7. The van der Waals surface area contributed by atoms with Crippen molar-refractivity contribution in [3.63, 3.8) is 0 Å². The van der Waals surface area contributed by atoms with E-state index in [0.29, 0.717) is 11.1 Å². The fourth-order valence-corrected chi connectivity index (χ4v) is 5.79. The average Bonchev–Trinajstić information content (AvgIpc) is 2.96. The lowest BCUT2D eigenvalue weighted by atomic mass is 9.83. The number of fused-ring (bicyclic) bond motifs is 4. The molecule has 0 unspecified atom stereocenters. The van der Waals surface area contributed by atoms with Crippen LogP contribution in [0.25, 0.3) is 10.8 Å². The van der Waals surface area contributed by atoms with Crippen LogP contribution in [-0.2, 0) is 11.3 Å². The smallest absolute Gasteiger partial charge is 0.335 e. The van der Waals surface area contributed by atoms with Gasteiger partial charge in [-0.05, 0) is 55.3 Å². The van der Waals surface area contributed by atoms with E-state index in [9.17, 15) is 39.6 Å². The first-order valence-corrected chi connectivity index (χ1v) is 13.6.